The molecule has 0 aromatic carbocycles. The molecule has 2 aromatic rings. The number of hydrogen-bond donors (Lipinski definition) is 1. The van der Waals surface area contributed by atoms with E-state index in [1.165, 1.54) is 43.2 Å². The van der Waals surface area contributed by atoms with Gasteiger partial charge < -0.3 is 5.32 Å². The molecule has 0 aliphatic heterocycles. The smallest absolute Gasteiger partial charge is 0.251 e. The Morgan fingerprint density at radius 2 is 1.76 bits per heavy atom. The molecule has 0 saturated heterocycles. The molecule has 176 valence electrons. The van der Waals surface area contributed by atoms with Crippen molar-refractivity contribution in [2.24, 2.45) is 28.6 Å². The Bertz CT molecular complexity index is 1140. The molecular weight excluding hydrogens is 418 g/mol. The fourth-order valence-electron chi connectivity index (χ4n) is 8.09. The van der Waals surface area contributed by atoms with E-state index in [-0.39, 0.29) is 22.8 Å². The number of nitrogens with one attached hydrogen (secondary N) is 1. The number of aromatic nitrogens is 2. The molecule has 4 aliphatic carbocycles. The van der Waals surface area contributed by atoms with Crippen LogP contribution in [0.15, 0.2) is 66.8 Å². The van der Waals surface area contributed by atoms with Gasteiger partial charge in [0.05, 0.1) is 0 Å². The molecule has 4 heteroatoms. The van der Waals surface area contributed by atoms with Crippen molar-refractivity contribution in [2.75, 3.05) is 0 Å². The summed E-state index contributed by atoms with van der Waals surface area (Å²) in [7, 11) is 0. The molecule has 6 rings (SSSR count). The third kappa shape index (κ3) is 3.37. The van der Waals surface area contributed by atoms with E-state index in [0.717, 1.165) is 30.6 Å². The second-order valence-electron chi connectivity index (χ2n) is 11.5. The quantitative estimate of drug-likeness (QED) is 0.560. The summed E-state index contributed by atoms with van der Waals surface area (Å²) < 4.78 is 0. The van der Waals surface area contributed by atoms with Crippen molar-refractivity contribution in [3.05, 3.63) is 77.9 Å². The fraction of sp³-hybridized carbons (Fsp3) is 0.500. The first-order valence-corrected chi connectivity index (χ1v) is 13.0. The van der Waals surface area contributed by atoms with Crippen molar-refractivity contribution >= 4 is 11.5 Å². The molecule has 1 amide bonds. The van der Waals surface area contributed by atoms with Gasteiger partial charge in [0.2, 0.25) is 0 Å². The zero-order valence-corrected chi connectivity index (χ0v) is 20.3. The molecule has 34 heavy (non-hydrogen) atoms. The summed E-state index contributed by atoms with van der Waals surface area (Å²) in [5, 5.41) is 3.30. The average molecular weight is 454 g/mol. The number of carbonyl (C=O) groups is 1. The van der Waals surface area contributed by atoms with Crippen LogP contribution < -0.4 is 5.32 Å². The van der Waals surface area contributed by atoms with Gasteiger partial charge in [-0.3, -0.25) is 14.8 Å². The minimum Gasteiger partial charge on any atom is -0.349 e. The van der Waals surface area contributed by atoms with Crippen LogP contribution in [0.2, 0.25) is 0 Å². The van der Waals surface area contributed by atoms with Gasteiger partial charge in [-0.2, -0.15) is 0 Å². The van der Waals surface area contributed by atoms with Crippen LogP contribution in [0, 0.1) is 28.6 Å². The second kappa shape index (κ2) is 8.18. The summed E-state index contributed by atoms with van der Waals surface area (Å²) in [6, 6.07) is 8.12. The van der Waals surface area contributed by atoms with Crippen LogP contribution in [0.3, 0.4) is 0 Å². The van der Waals surface area contributed by atoms with Crippen molar-refractivity contribution in [1.29, 1.82) is 0 Å². The van der Waals surface area contributed by atoms with Gasteiger partial charge in [0, 0.05) is 36.4 Å². The lowest BCUT2D eigenvalue weighted by Gasteiger charge is -2.58. The van der Waals surface area contributed by atoms with Gasteiger partial charge in [-0.05, 0) is 103 Å². The van der Waals surface area contributed by atoms with Crippen molar-refractivity contribution in [1.82, 2.24) is 15.3 Å². The Kier molecular flexibility index (Phi) is 5.24. The number of nitrogens with zero attached hydrogens (tertiary/aromatic N) is 2. The lowest BCUT2D eigenvalue weighted by atomic mass is 9.47. The number of pyridine rings is 2. The maximum atomic E-state index is 12.7. The molecule has 2 heterocycles. The minimum atomic E-state index is 0.0266. The molecule has 1 N–H and O–H groups in total. The van der Waals surface area contributed by atoms with Gasteiger partial charge in [0.15, 0.2) is 0 Å². The molecule has 0 radical (unpaired) electrons. The van der Waals surface area contributed by atoms with Gasteiger partial charge in [0.1, 0.15) is 0 Å². The van der Waals surface area contributed by atoms with Gasteiger partial charge in [-0.15, -0.1) is 0 Å². The third-order valence-electron chi connectivity index (χ3n) is 9.93. The first-order valence-electron chi connectivity index (χ1n) is 13.0. The summed E-state index contributed by atoms with van der Waals surface area (Å²) in [5.74, 6) is 2.25. The zero-order valence-electron chi connectivity index (χ0n) is 20.3. The van der Waals surface area contributed by atoms with Crippen LogP contribution in [0.25, 0.3) is 5.57 Å². The number of amides is 1. The Hall–Kier alpha value is -2.75. The summed E-state index contributed by atoms with van der Waals surface area (Å²) in [6.45, 7) is 5.05. The van der Waals surface area contributed by atoms with Crippen LogP contribution in [-0.2, 0) is 0 Å². The first-order chi connectivity index (χ1) is 16.5. The highest BCUT2D eigenvalue weighted by Gasteiger charge is 2.56. The fourth-order valence-corrected chi connectivity index (χ4v) is 8.09. The summed E-state index contributed by atoms with van der Waals surface area (Å²) in [4.78, 5) is 21.2. The van der Waals surface area contributed by atoms with E-state index in [4.69, 9.17) is 0 Å². The summed E-state index contributed by atoms with van der Waals surface area (Å²) in [5.41, 5.74) is 5.69. The van der Waals surface area contributed by atoms with Gasteiger partial charge in [-0.25, -0.2) is 0 Å². The second-order valence-corrected chi connectivity index (χ2v) is 11.5. The van der Waals surface area contributed by atoms with Gasteiger partial charge in [0.25, 0.3) is 5.91 Å². The van der Waals surface area contributed by atoms with Crippen molar-refractivity contribution in [2.45, 2.75) is 64.8 Å². The van der Waals surface area contributed by atoms with E-state index in [0.29, 0.717) is 5.56 Å². The third-order valence-corrected chi connectivity index (χ3v) is 9.93. The summed E-state index contributed by atoms with van der Waals surface area (Å²) in [6.07, 6.45) is 20.6. The predicted octanol–water partition coefficient (Wildman–Crippen LogP) is 6.23. The van der Waals surface area contributed by atoms with E-state index in [1.54, 1.807) is 30.1 Å². The predicted molar refractivity (Wildman–Crippen MR) is 135 cm³/mol. The highest BCUT2D eigenvalue weighted by atomic mass is 16.1. The molecule has 2 fully saturated rings. The number of rotatable bonds is 3. The lowest BCUT2D eigenvalue weighted by Crippen LogP contribution is -2.51. The summed E-state index contributed by atoms with van der Waals surface area (Å²) >= 11 is 0. The van der Waals surface area contributed by atoms with E-state index in [2.05, 4.69) is 53.4 Å². The number of fused-ring (bicyclic) bond motifs is 5. The minimum absolute atomic E-state index is 0.0266. The molecular formula is C30H35N3O. The highest BCUT2D eigenvalue weighted by Crippen LogP contribution is 2.66. The van der Waals surface area contributed by atoms with E-state index in [1.807, 2.05) is 12.4 Å². The SMILES string of the molecule is CC12CCC(NC(=O)c3ccncc3)CC1=CCC1C2CCC2(C)C(c3cccnc3)=CCC12. The highest BCUT2D eigenvalue weighted by molar-refractivity contribution is 5.94. The van der Waals surface area contributed by atoms with E-state index < -0.39 is 0 Å². The molecule has 2 saturated carbocycles. The molecule has 4 aliphatic rings. The van der Waals surface area contributed by atoms with Crippen molar-refractivity contribution < 1.29 is 4.79 Å². The Morgan fingerprint density at radius 1 is 0.941 bits per heavy atom. The Morgan fingerprint density at radius 3 is 2.56 bits per heavy atom. The van der Waals surface area contributed by atoms with Gasteiger partial charge >= 0.3 is 0 Å². The first kappa shape index (κ1) is 21.8. The number of hydrogen-bond acceptors (Lipinski definition) is 3. The molecule has 0 bridgehead atoms. The maximum absolute atomic E-state index is 12.7. The standard InChI is InChI=1S/C30H35N3O/c1-29-13-9-23(33-28(34)20-11-16-31-17-12-20)18-22(29)5-6-24-26-8-7-25(21-4-3-15-32-19-21)30(26,2)14-10-27(24)29/h3-5,7,11-12,15-17,19,23-24,26-27H,6,8-10,13-14,18H2,1-2H3,(H,33,34). The normalized spacial score (nSPS) is 36.4. The zero-order chi connectivity index (χ0) is 23.3. The van der Waals surface area contributed by atoms with Crippen molar-refractivity contribution in [3.63, 3.8) is 0 Å². The Balaban J connectivity index is 1.20. The Labute approximate surface area is 203 Å². The molecule has 6 atom stereocenters. The molecule has 0 spiro atoms. The van der Waals surface area contributed by atoms with Crippen molar-refractivity contribution in [3.8, 4) is 0 Å². The lowest BCUT2D eigenvalue weighted by molar-refractivity contribution is -0.0123. The number of allylic oxidation sites excluding steroid dienone is 3. The van der Waals surface area contributed by atoms with Crippen LogP contribution in [0.1, 0.15) is 74.7 Å². The van der Waals surface area contributed by atoms with Crippen LogP contribution in [-0.4, -0.2) is 21.9 Å². The van der Waals surface area contributed by atoms with Crippen LogP contribution in [0.4, 0.5) is 0 Å². The molecule has 6 unspecified atom stereocenters. The largest absolute Gasteiger partial charge is 0.349 e. The number of carbonyl (C=O) groups excluding carboxylic acids is 1. The van der Waals surface area contributed by atoms with Gasteiger partial charge in [-0.1, -0.05) is 37.6 Å². The van der Waals surface area contributed by atoms with Crippen LogP contribution >= 0.6 is 0 Å². The monoisotopic (exact) mass is 453 g/mol. The topological polar surface area (TPSA) is 54.9 Å². The average Bonchev–Trinajstić information content (AvgIpc) is 3.22. The van der Waals surface area contributed by atoms with E-state index in [9.17, 15) is 4.79 Å². The van der Waals surface area contributed by atoms with E-state index >= 15 is 0 Å². The maximum Gasteiger partial charge on any atom is 0.251 e. The van der Waals surface area contributed by atoms with Crippen LogP contribution in [0.5, 0.6) is 0 Å². The molecule has 4 nitrogen and oxygen atoms in total. The molecule has 2 aromatic heterocycles.